The van der Waals surface area contributed by atoms with E-state index >= 15 is 0 Å². The Morgan fingerprint density at radius 2 is 1.97 bits per heavy atom. The van der Waals surface area contributed by atoms with E-state index in [0.717, 1.165) is 41.5 Å². The van der Waals surface area contributed by atoms with E-state index in [9.17, 15) is 14.4 Å². The van der Waals surface area contributed by atoms with Crippen LogP contribution in [0.2, 0.25) is 0 Å². The number of esters is 1. The third kappa shape index (κ3) is 5.36. The molecule has 9 nitrogen and oxygen atoms in total. The molecule has 0 saturated carbocycles. The lowest BCUT2D eigenvalue weighted by atomic mass is 9.72. The van der Waals surface area contributed by atoms with Crippen LogP contribution in [-0.4, -0.2) is 37.1 Å². The summed E-state index contributed by atoms with van der Waals surface area (Å²) in [6.45, 7) is 6.69. The molecular formula is C25H30N3O6S2+. The maximum absolute atomic E-state index is 12.9. The van der Waals surface area contributed by atoms with E-state index in [1.54, 1.807) is 31.4 Å². The Morgan fingerprint density at radius 3 is 2.61 bits per heavy atom. The van der Waals surface area contributed by atoms with Crippen LogP contribution in [0.15, 0.2) is 38.6 Å². The van der Waals surface area contributed by atoms with Crippen molar-refractivity contribution in [3.05, 3.63) is 50.7 Å². The SMILES string of the molecule is COC(=O)c1c(NC(=O)CSc2c(=O)o[nH][n+]2-c2ccc(OC)cc2)sc2c1CCC(C(C)(C)C)C2. The molecular weight excluding hydrogens is 502 g/mol. The van der Waals surface area contributed by atoms with Crippen LogP contribution in [0.5, 0.6) is 5.75 Å². The van der Waals surface area contributed by atoms with Crippen LogP contribution in [0, 0.1) is 11.3 Å². The molecule has 0 spiro atoms. The van der Waals surface area contributed by atoms with Gasteiger partial charge in [0.1, 0.15) is 10.8 Å². The minimum absolute atomic E-state index is 0.0490. The molecule has 2 aromatic heterocycles. The first-order chi connectivity index (χ1) is 17.1. The number of methoxy groups -OCH3 is 2. The number of aromatic amines is 1. The number of anilines is 1. The van der Waals surface area contributed by atoms with Gasteiger partial charge < -0.3 is 14.8 Å². The maximum Gasteiger partial charge on any atom is 0.442 e. The van der Waals surface area contributed by atoms with Gasteiger partial charge in [0, 0.05) is 17.0 Å². The number of nitrogens with zero attached hydrogens (tertiary/aromatic N) is 1. The molecule has 1 atom stereocenters. The predicted octanol–water partition coefficient (Wildman–Crippen LogP) is 3.98. The second-order valence-corrected chi connectivity index (χ2v) is 11.7. The van der Waals surface area contributed by atoms with Gasteiger partial charge in [-0.2, -0.15) is 0 Å². The lowest BCUT2D eigenvalue weighted by molar-refractivity contribution is -0.704. The fourth-order valence-electron chi connectivity index (χ4n) is 4.32. The molecule has 1 unspecified atom stereocenters. The van der Waals surface area contributed by atoms with Crippen molar-refractivity contribution >= 4 is 40.0 Å². The average molecular weight is 533 g/mol. The average Bonchev–Trinajstić information content (AvgIpc) is 3.40. The summed E-state index contributed by atoms with van der Waals surface area (Å²) in [5.41, 5.74) is 1.64. The summed E-state index contributed by atoms with van der Waals surface area (Å²) in [4.78, 5) is 38.9. The van der Waals surface area contributed by atoms with Gasteiger partial charge in [-0.1, -0.05) is 20.8 Å². The molecule has 2 N–H and O–H groups in total. The van der Waals surface area contributed by atoms with Gasteiger partial charge in [0.15, 0.2) is 0 Å². The van der Waals surface area contributed by atoms with Crippen molar-refractivity contribution in [1.29, 1.82) is 0 Å². The maximum atomic E-state index is 12.9. The number of H-pyrrole nitrogens is 1. The van der Waals surface area contributed by atoms with Crippen LogP contribution >= 0.6 is 23.1 Å². The molecule has 4 rings (SSSR count). The number of carbonyl (C=O) groups excluding carboxylic acids is 2. The van der Waals surface area contributed by atoms with Crippen LogP contribution in [0.3, 0.4) is 0 Å². The molecule has 1 amide bonds. The van der Waals surface area contributed by atoms with Crippen molar-refractivity contribution in [2.75, 3.05) is 25.3 Å². The molecule has 1 aliphatic rings. The normalized spacial score (nSPS) is 15.3. The third-order valence-electron chi connectivity index (χ3n) is 6.41. The van der Waals surface area contributed by atoms with Gasteiger partial charge >= 0.3 is 16.6 Å². The Bertz CT molecular complexity index is 1320. The van der Waals surface area contributed by atoms with E-state index in [1.807, 2.05) is 0 Å². The Hall–Kier alpha value is -3.05. The van der Waals surface area contributed by atoms with E-state index < -0.39 is 11.6 Å². The zero-order chi connectivity index (χ0) is 26.0. The molecule has 1 aliphatic carbocycles. The predicted molar refractivity (Wildman–Crippen MR) is 137 cm³/mol. The largest absolute Gasteiger partial charge is 0.497 e. The van der Waals surface area contributed by atoms with Crippen LogP contribution in [0.1, 0.15) is 48.0 Å². The molecule has 2 heterocycles. The topological polar surface area (TPSA) is 115 Å². The molecule has 192 valence electrons. The first kappa shape index (κ1) is 26.0. The number of hydrogen-bond donors (Lipinski definition) is 2. The first-order valence-corrected chi connectivity index (χ1v) is 13.4. The second-order valence-electron chi connectivity index (χ2n) is 9.66. The van der Waals surface area contributed by atoms with Gasteiger partial charge in [0.05, 0.1) is 25.5 Å². The Kier molecular flexibility index (Phi) is 7.60. The van der Waals surface area contributed by atoms with Gasteiger partial charge in [0.25, 0.3) is 0 Å². The Morgan fingerprint density at radius 1 is 1.25 bits per heavy atom. The van der Waals surface area contributed by atoms with Gasteiger partial charge in [-0.3, -0.25) is 9.32 Å². The van der Waals surface area contributed by atoms with E-state index in [1.165, 1.54) is 23.1 Å². The van der Waals surface area contributed by atoms with Crippen molar-refractivity contribution < 1.29 is 28.3 Å². The third-order valence-corrected chi connectivity index (χ3v) is 8.61. The van der Waals surface area contributed by atoms with Crippen LogP contribution in [0.4, 0.5) is 5.00 Å². The number of aromatic nitrogens is 2. The quantitative estimate of drug-likeness (QED) is 0.269. The minimum Gasteiger partial charge on any atom is -0.497 e. The van der Waals surface area contributed by atoms with Crippen LogP contribution in [0.25, 0.3) is 5.69 Å². The fourth-order valence-corrected chi connectivity index (χ4v) is 6.42. The van der Waals surface area contributed by atoms with E-state index in [2.05, 4.69) is 31.4 Å². The van der Waals surface area contributed by atoms with Crippen molar-refractivity contribution in [3.8, 4) is 11.4 Å². The van der Waals surface area contributed by atoms with E-state index in [-0.39, 0.29) is 22.1 Å². The highest BCUT2D eigenvalue weighted by Gasteiger charge is 2.34. The zero-order valence-corrected chi connectivity index (χ0v) is 22.6. The molecule has 36 heavy (non-hydrogen) atoms. The minimum atomic E-state index is -0.585. The summed E-state index contributed by atoms with van der Waals surface area (Å²) in [7, 11) is 2.91. The smallest absolute Gasteiger partial charge is 0.442 e. The van der Waals surface area contributed by atoms with E-state index in [4.69, 9.17) is 14.0 Å². The van der Waals surface area contributed by atoms with Crippen molar-refractivity contribution in [1.82, 2.24) is 5.27 Å². The molecule has 0 bridgehead atoms. The van der Waals surface area contributed by atoms with Gasteiger partial charge in [0.2, 0.25) is 11.6 Å². The van der Waals surface area contributed by atoms with Crippen molar-refractivity contribution in [3.63, 3.8) is 0 Å². The Labute approximate surface area is 217 Å². The number of rotatable bonds is 7. The molecule has 3 aromatic rings. The lowest BCUT2D eigenvalue weighted by Gasteiger charge is -2.33. The first-order valence-electron chi connectivity index (χ1n) is 11.6. The molecule has 0 saturated heterocycles. The monoisotopic (exact) mass is 532 g/mol. The second kappa shape index (κ2) is 10.5. The van der Waals surface area contributed by atoms with Crippen LogP contribution < -0.4 is 20.4 Å². The molecule has 11 heteroatoms. The number of nitrogens with one attached hydrogen (secondary N) is 2. The number of hydrogen-bond acceptors (Lipinski definition) is 8. The number of amides is 1. The summed E-state index contributed by atoms with van der Waals surface area (Å²) < 4.78 is 16.6. The highest BCUT2D eigenvalue weighted by atomic mass is 32.2. The standard InChI is InChI=1S/C25H29N3O6S2/c1-25(2,3)14-6-11-17-18(12-14)36-21(20(17)23(30)33-5)26-19(29)13-35-22-24(31)34-27-28(22)15-7-9-16(32-4)10-8-15/h7-10,14H,6,11-13H2,1-5H3,(H-,26,27,29,30,31)/p+1. The number of thioether (sulfide) groups is 1. The molecule has 0 aliphatic heterocycles. The summed E-state index contributed by atoms with van der Waals surface area (Å²) >= 11 is 2.48. The number of thiophene rings is 1. The summed E-state index contributed by atoms with van der Waals surface area (Å²) in [6.07, 6.45) is 2.62. The zero-order valence-electron chi connectivity index (χ0n) is 20.9. The lowest BCUT2D eigenvalue weighted by Crippen LogP contribution is -2.36. The number of benzene rings is 1. The fraction of sp³-hybridized carbons (Fsp3) is 0.440. The highest BCUT2D eigenvalue weighted by molar-refractivity contribution is 7.99. The number of ether oxygens (including phenoxy) is 2. The number of carbonyl (C=O) groups is 2. The summed E-state index contributed by atoms with van der Waals surface area (Å²) in [5, 5.41) is 6.16. The van der Waals surface area contributed by atoms with Crippen molar-refractivity contribution in [2.45, 2.75) is 45.1 Å². The van der Waals surface area contributed by atoms with Crippen molar-refractivity contribution in [2.24, 2.45) is 11.3 Å². The molecule has 0 fully saturated rings. The highest BCUT2D eigenvalue weighted by Crippen LogP contribution is 2.44. The molecule has 0 radical (unpaired) electrons. The van der Waals surface area contributed by atoms with Gasteiger partial charge in [-0.15, -0.1) is 11.3 Å². The van der Waals surface area contributed by atoms with Gasteiger partial charge in [-0.05, 0) is 70.0 Å². The summed E-state index contributed by atoms with van der Waals surface area (Å²) in [5.74, 6) is 0.334. The van der Waals surface area contributed by atoms with Crippen LogP contribution in [-0.2, 0) is 22.4 Å². The Balaban J connectivity index is 1.51. The molecule has 1 aromatic carbocycles. The van der Waals surface area contributed by atoms with Gasteiger partial charge in [-0.25, -0.2) is 9.59 Å². The number of fused-ring (bicyclic) bond motifs is 1. The summed E-state index contributed by atoms with van der Waals surface area (Å²) in [6, 6.07) is 7.04. The van der Waals surface area contributed by atoms with E-state index in [0.29, 0.717) is 27.9 Å².